The molecule has 10 heteroatoms. The molecule has 1 fully saturated rings. The Hall–Kier alpha value is -4.31. The van der Waals surface area contributed by atoms with Crippen molar-refractivity contribution < 1.29 is 19.1 Å². The molecule has 3 aromatic heterocycles. The fourth-order valence-corrected chi connectivity index (χ4v) is 5.37. The number of Topliss-reactive ketones (excluding diaryl/α,β-unsaturated/α-hetero) is 1. The summed E-state index contributed by atoms with van der Waals surface area (Å²) in [6.45, 7) is 3.18. The number of benzene rings is 1. The van der Waals surface area contributed by atoms with E-state index in [1.165, 1.54) is 15.9 Å². The van der Waals surface area contributed by atoms with Crippen molar-refractivity contribution in [3.05, 3.63) is 92.5 Å². The van der Waals surface area contributed by atoms with Crippen LogP contribution in [0, 0.1) is 0 Å². The molecule has 1 aliphatic heterocycles. The Morgan fingerprint density at radius 1 is 0.974 bits per heavy atom. The minimum atomic E-state index is -0.753. The average molecular weight is 531 g/mol. The molecule has 1 aliphatic rings. The van der Waals surface area contributed by atoms with Gasteiger partial charge >= 0.3 is 5.97 Å². The number of fused-ring (bicyclic) bond motifs is 1. The maximum atomic E-state index is 13.8. The van der Waals surface area contributed by atoms with Gasteiger partial charge in [-0.1, -0.05) is 36.4 Å². The lowest BCUT2D eigenvalue weighted by Crippen LogP contribution is -2.49. The van der Waals surface area contributed by atoms with Crippen LogP contribution >= 0.6 is 11.3 Å². The Morgan fingerprint density at radius 2 is 1.74 bits per heavy atom. The second-order valence-electron chi connectivity index (χ2n) is 8.76. The average Bonchev–Trinajstić information content (AvgIpc) is 3.49. The van der Waals surface area contributed by atoms with Crippen LogP contribution in [0.3, 0.4) is 0 Å². The number of esters is 1. The highest BCUT2D eigenvalue weighted by molar-refractivity contribution is 7.12. The number of thiophene rings is 1. The standard InChI is InChI=1S/C28H26N4O5S/c1-2-37-28(36)23-24(30-13-15-31(16-14-30)26(34)22-11-7-17-38-22)20-10-6-12-29-25(20)32(27(23)35)18-21(33)19-8-4-3-5-9-19/h3-12,17H,2,13-16,18H2,1H3. The normalized spacial score (nSPS) is 13.5. The van der Waals surface area contributed by atoms with Crippen LogP contribution in [0.25, 0.3) is 11.0 Å². The van der Waals surface area contributed by atoms with Crippen molar-refractivity contribution in [2.45, 2.75) is 13.5 Å². The van der Waals surface area contributed by atoms with Gasteiger partial charge in [-0.2, -0.15) is 0 Å². The Bertz CT molecular complexity index is 1540. The van der Waals surface area contributed by atoms with Gasteiger partial charge in [0.25, 0.3) is 11.5 Å². The number of piperazine rings is 1. The molecule has 38 heavy (non-hydrogen) atoms. The summed E-state index contributed by atoms with van der Waals surface area (Å²) >= 11 is 1.40. The number of hydrogen-bond donors (Lipinski definition) is 0. The maximum Gasteiger partial charge on any atom is 0.345 e. The number of amides is 1. The number of rotatable bonds is 7. The van der Waals surface area contributed by atoms with Crippen LogP contribution < -0.4 is 10.5 Å². The number of ketones is 1. The largest absolute Gasteiger partial charge is 0.462 e. The lowest BCUT2D eigenvalue weighted by molar-refractivity contribution is 0.0523. The van der Waals surface area contributed by atoms with Gasteiger partial charge in [0, 0.05) is 43.3 Å². The van der Waals surface area contributed by atoms with E-state index in [9.17, 15) is 19.2 Å². The van der Waals surface area contributed by atoms with Gasteiger partial charge in [-0.3, -0.25) is 19.0 Å². The van der Waals surface area contributed by atoms with Gasteiger partial charge in [-0.25, -0.2) is 9.78 Å². The fraction of sp³-hybridized carbons (Fsp3) is 0.250. The first-order valence-electron chi connectivity index (χ1n) is 12.3. The third-order valence-corrected chi connectivity index (χ3v) is 7.34. The topological polar surface area (TPSA) is 102 Å². The van der Waals surface area contributed by atoms with E-state index in [2.05, 4.69) is 4.98 Å². The van der Waals surface area contributed by atoms with Crippen molar-refractivity contribution in [3.63, 3.8) is 0 Å². The second kappa shape index (κ2) is 11.0. The van der Waals surface area contributed by atoms with E-state index in [0.717, 1.165) is 0 Å². The zero-order valence-electron chi connectivity index (χ0n) is 20.8. The van der Waals surface area contributed by atoms with E-state index in [0.29, 0.717) is 53.3 Å². The Labute approximate surface area is 222 Å². The van der Waals surface area contributed by atoms with Crippen LogP contribution in [0.1, 0.15) is 37.3 Å². The molecular formula is C28H26N4O5S. The molecule has 0 N–H and O–H groups in total. The zero-order chi connectivity index (χ0) is 26.6. The van der Waals surface area contributed by atoms with E-state index < -0.39 is 11.5 Å². The molecule has 0 spiro atoms. The molecule has 0 saturated carbocycles. The summed E-state index contributed by atoms with van der Waals surface area (Å²) in [6, 6.07) is 15.8. The number of pyridine rings is 2. The van der Waals surface area contributed by atoms with Gasteiger partial charge in [0.05, 0.1) is 23.7 Å². The van der Waals surface area contributed by atoms with Gasteiger partial charge in [0.1, 0.15) is 11.2 Å². The highest BCUT2D eigenvalue weighted by Gasteiger charge is 2.31. The van der Waals surface area contributed by atoms with Crippen LogP contribution in [0.2, 0.25) is 0 Å². The predicted octanol–water partition coefficient (Wildman–Crippen LogP) is 3.48. The molecule has 4 heterocycles. The minimum Gasteiger partial charge on any atom is -0.462 e. The van der Waals surface area contributed by atoms with Crippen LogP contribution in [0.5, 0.6) is 0 Å². The molecule has 0 aliphatic carbocycles. The number of ether oxygens (including phenoxy) is 1. The molecule has 194 valence electrons. The second-order valence-corrected chi connectivity index (χ2v) is 9.70. The van der Waals surface area contributed by atoms with E-state index in [4.69, 9.17) is 4.74 Å². The summed E-state index contributed by atoms with van der Waals surface area (Å²) in [6.07, 6.45) is 1.55. The van der Waals surface area contributed by atoms with Gasteiger partial charge < -0.3 is 14.5 Å². The van der Waals surface area contributed by atoms with Gasteiger partial charge in [0.15, 0.2) is 5.78 Å². The smallest absolute Gasteiger partial charge is 0.345 e. The number of carbonyl (C=O) groups excluding carboxylic acids is 3. The first-order chi connectivity index (χ1) is 18.5. The molecule has 5 rings (SSSR count). The molecule has 0 atom stereocenters. The fourth-order valence-electron chi connectivity index (χ4n) is 4.67. The molecule has 1 amide bonds. The van der Waals surface area contributed by atoms with Crippen LogP contribution in [-0.2, 0) is 11.3 Å². The summed E-state index contributed by atoms with van der Waals surface area (Å²) in [7, 11) is 0. The van der Waals surface area contributed by atoms with E-state index >= 15 is 0 Å². The number of nitrogens with zero attached hydrogens (tertiary/aromatic N) is 4. The first-order valence-corrected chi connectivity index (χ1v) is 13.2. The van der Waals surface area contributed by atoms with Crippen molar-refractivity contribution in [3.8, 4) is 0 Å². The van der Waals surface area contributed by atoms with Gasteiger partial charge in [-0.15, -0.1) is 11.3 Å². The summed E-state index contributed by atoms with van der Waals surface area (Å²) in [5.74, 6) is -1.06. The molecule has 9 nitrogen and oxygen atoms in total. The third kappa shape index (κ3) is 4.82. The van der Waals surface area contributed by atoms with Gasteiger partial charge in [-0.05, 0) is 30.5 Å². The van der Waals surface area contributed by atoms with E-state index in [-0.39, 0.29) is 30.4 Å². The Morgan fingerprint density at radius 3 is 2.42 bits per heavy atom. The van der Waals surface area contributed by atoms with Crippen molar-refractivity contribution in [2.75, 3.05) is 37.7 Å². The van der Waals surface area contributed by atoms with Crippen LogP contribution in [0.4, 0.5) is 5.69 Å². The number of hydrogen-bond acceptors (Lipinski definition) is 8. The van der Waals surface area contributed by atoms with Crippen molar-refractivity contribution >= 4 is 45.7 Å². The molecule has 1 saturated heterocycles. The van der Waals surface area contributed by atoms with Crippen molar-refractivity contribution in [1.82, 2.24) is 14.5 Å². The summed E-state index contributed by atoms with van der Waals surface area (Å²) in [4.78, 5) is 61.7. The number of carbonyl (C=O) groups is 3. The monoisotopic (exact) mass is 530 g/mol. The number of aromatic nitrogens is 2. The Kier molecular flexibility index (Phi) is 7.32. The van der Waals surface area contributed by atoms with E-state index in [1.807, 2.05) is 16.3 Å². The van der Waals surface area contributed by atoms with E-state index in [1.54, 1.807) is 66.6 Å². The number of anilines is 1. The molecule has 0 bridgehead atoms. The highest BCUT2D eigenvalue weighted by atomic mass is 32.1. The molecule has 1 aromatic carbocycles. The summed E-state index contributed by atoms with van der Waals surface area (Å²) in [5, 5.41) is 2.43. The van der Waals surface area contributed by atoms with Gasteiger partial charge in [0.2, 0.25) is 0 Å². The lowest BCUT2D eigenvalue weighted by Gasteiger charge is -2.37. The predicted molar refractivity (Wildman–Crippen MR) is 145 cm³/mol. The first kappa shape index (κ1) is 25.3. The van der Waals surface area contributed by atoms with Crippen LogP contribution in [0.15, 0.2) is 71.0 Å². The Balaban J connectivity index is 1.56. The molecule has 0 unspecified atom stereocenters. The summed E-state index contributed by atoms with van der Waals surface area (Å²) < 4.78 is 6.54. The quantitative estimate of drug-likeness (QED) is 0.266. The van der Waals surface area contributed by atoms with Crippen molar-refractivity contribution in [1.29, 1.82) is 0 Å². The summed E-state index contributed by atoms with van der Waals surface area (Å²) in [5.41, 5.74) is 0.416. The van der Waals surface area contributed by atoms with Crippen LogP contribution in [-0.4, -0.2) is 64.9 Å². The molecular weight excluding hydrogens is 504 g/mol. The zero-order valence-corrected chi connectivity index (χ0v) is 21.6. The van der Waals surface area contributed by atoms with Crippen molar-refractivity contribution in [2.24, 2.45) is 0 Å². The lowest BCUT2D eigenvalue weighted by atomic mass is 10.1. The molecule has 0 radical (unpaired) electrons. The minimum absolute atomic E-state index is 0.0355. The molecule has 4 aromatic rings. The third-order valence-electron chi connectivity index (χ3n) is 6.49. The maximum absolute atomic E-state index is 13.8. The SMILES string of the molecule is CCOC(=O)c1c(N2CCN(C(=O)c3cccs3)CC2)c2cccnc2n(CC(=O)c2ccccc2)c1=O. The highest BCUT2D eigenvalue weighted by Crippen LogP contribution is 2.30.